The van der Waals surface area contributed by atoms with E-state index in [-0.39, 0.29) is 5.56 Å². The molecule has 0 spiro atoms. The van der Waals surface area contributed by atoms with Gasteiger partial charge in [-0.25, -0.2) is 4.39 Å². The molecule has 1 aromatic heterocycles. The van der Waals surface area contributed by atoms with Gasteiger partial charge in [0.05, 0.1) is 11.3 Å². The molecule has 0 N–H and O–H groups in total. The van der Waals surface area contributed by atoms with Crippen LogP contribution in [0.25, 0.3) is 0 Å². The number of halogens is 1. The zero-order chi connectivity index (χ0) is 7.56. The third-order valence-corrected chi connectivity index (χ3v) is 1.15. The maximum atomic E-state index is 12.6. The molecular formula is C7H5FN2. The molecule has 0 atom stereocenters. The summed E-state index contributed by atoms with van der Waals surface area (Å²) in [6, 6.07) is 2.96. The van der Waals surface area contributed by atoms with E-state index in [4.69, 9.17) is 5.26 Å². The Bertz CT molecular complexity index is 288. The largest absolute Gasteiger partial charge is 0.257 e. The number of aryl methyl sites for hydroxylation is 1. The highest BCUT2D eigenvalue weighted by atomic mass is 19.1. The van der Waals surface area contributed by atoms with Gasteiger partial charge in [0.2, 0.25) is 0 Å². The highest BCUT2D eigenvalue weighted by Crippen LogP contribution is 2.03. The average Bonchev–Trinajstić information content (AvgIpc) is 1.95. The first-order valence-electron chi connectivity index (χ1n) is 2.76. The van der Waals surface area contributed by atoms with Crippen molar-refractivity contribution in [1.82, 2.24) is 4.98 Å². The van der Waals surface area contributed by atoms with Gasteiger partial charge in [-0.15, -0.1) is 0 Å². The molecule has 50 valence electrons. The average molecular weight is 136 g/mol. The highest BCUT2D eigenvalue weighted by molar-refractivity contribution is 5.26. The Morgan fingerprint density at radius 3 is 2.90 bits per heavy atom. The number of hydrogen-bond donors (Lipinski definition) is 0. The molecule has 1 aromatic rings. The molecule has 0 amide bonds. The topological polar surface area (TPSA) is 36.7 Å². The smallest absolute Gasteiger partial charge is 0.145 e. The molecular weight excluding hydrogens is 131 g/mol. The van der Waals surface area contributed by atoms with E-state index in [1.807, 2.05) is 0 Å². The molecule has 1 heterocycles. The van der Waals surface area contributed by atoms with Gasteiger partial charge in [-0.1, -0.05) is 0 Å². The van der Waals surface area contributed by atoms with Crippen molar-refractivity contribution in [3.63, 3.8) is 0 Å². The Kier molecular flexibility index (Phi) is 1.63. The molecule has 3 heteroatoms. The summed E-state index contributed by atoms with van der Waals surface area (Å²) in [4.78, 5) is 3.65. The Hall–Kier alpha value is -1.43. The summed E-state index contributed by atoms with van der Waals surface area (Å²) >= 11 is 0. The zero-order valence-corrected chi connectivity index (χ0v) is 5.43. The van der Waals surface area contributed by atoms with Crippen LogP contribution < -0.4 is 0 Å². The third kappa shape index (κ3) is 1.11. The normalized spacial score (nSPS) is 8.90. The van der Waals surface area contributed by atoms with Crippen molar-refractivity contribution in [2.75, 3.05) is 0 Å². The van der Waals surface area contributed by atoms with Crippen molar-refractivity contribution >= 4 is 0 Å². The predicted octanol–water partition coefficient (Wildman–Crippen LogP) is 1.40. The summed E-state index contributed by atoms with van der Waals surface area (Å²) in [6.45, 7) is 1.55. The molecule has 0 unspecified atom stereocenters. The Morgan fingerprint density at radius 2 is 2.40 bits per heavy atom. The number of pyridine rings is 1. The number of hydrogen-bond acceptors (Lipinski definition) is 2. The summed E-state index contributed by atoms with van der Waals surface area (Å²) in [5, 5.41) is 8.30. The van der Waals surface area contributed by atoms with Crippen molar-refractivity contribution < 1.29 is 4.39 Å². The molecule has 10 heavy (non-hydrogen) atoms. The second kappa shape index (κ2) is 2.44. The van der Waals surface area contributed by atoms with Gasteiger partial charge in [-0.2, -0.15) is 5.26 Å². The summed E-state index contributed by atoms with van der Waals surface area (Å²) in [6.07, 6.45) is 1.35. The van der Waals surface area contributed by atoms with Crippen LogP contribution >= 0.6 is 0 Å². The molecule has 0 saturated carbocycles. The van der Waals surface area contributed by atoms with Crippen LogP contribution in [0.15, 0.2) is 12.3 Å². The molecule has 0 saturated heterocycles. The minimum Gasteiger partial charge on any atom is -0.257 e. The van der Waals surface area contributed by atoms with Crippen LogP contribution in [-0.2, 0) is 0 Å². The Labute approximate surface area is 57.9 Å². The summed E-state index contributed by atoms with van der Waals surface area (Å²) in [5.74, 6) is -0.431. The number of nitrogens with zero attached hydrogens (tertiary/aromatic N) is 2. The highest BCUT2D eigenvalue weighted by Gasteiger charge is 1.97. The SMILES string of the molecule is Cc1ncc(C#N)cc1F. The van der Waals surface area contributed by atoms with Gasteiger partial charge >= 0.3 is 0 Å². The fraction of sp³-hybridized carbons (Fsp3) is 0.143. The number of nitriles is 1. The van der Waals surface area contributed by atoms with E-state index in [1.165, 1.54) is 12.3 Å². The van der Waals surface area contributed by atoms with Gasteiger partial charge in [0.15, 0.2) is 0 Å². The molecule has 2 nitrogen and oxygen atoms in total. The van der Waals surface area contributed by atoms with Crippen molar-refractivity contribution in [2.24, 2.45) is 0 Å². The van der Waals surface area contributed by atoms with Crippen molar-refractivity contribution in [3.05, 3.63) is 29.3 Å². The van der Waals surface area contributed by atoms with E-state index in [9.17, 15) is 4.39 Å². The maximum absolute atomic E-state index is 12.6. The molecule has 0 radical (unpaired) electrons. The van der Waals surface area contributed by atoms with Gasteiger partial charge in [-0.3, -0.25) is 4.98 Å². The maximum Gasteiger partial charge on any atom is 0.145 e. The second-order valence-electron chi connectivity index (χ2n) is 1.90. The first-order valence-corrected chi connectivity index (χ1v) is 2.76. The van der Waals surface area contributed by atoms with Gasteiger partial charge < -0.3 is 0 Å². The van der Waals surface area contributed by atoms with Crippen molar-refractivity contribution in [2.45, 2.75) is 6.92 Å². The monoisotopic (exact) mass is 136 g/mol. The summed E-state index contributed by atoms with van der Waals surface area (Å²) < 4.78 is 12.6. The van der Waals surface area contributed by atoms with Crippen LogP contribution in [0.2, 0.25) is 0 Å². The van der Waals surface area contributed by atoms with E-state index < -0.39 is 5.82 Å². The third-order valence-electron chi connectivity index (χ3n) is 1.15. The first kappa shape index (κ1) is 6.69. The second-order valence-corrected chi connectivity index (χ2v) is 1.90. The van der Waals surface area contributed by atoms with E-state index in [2.05, 4.69) is 4.98 Å². The molecule has 1 rings (SSSR count). The van der Waals surface area contributed by atoms with Crippen LogP contribution in [0.1, 0.15) is 11.3 Å². The van der Waals surface area contributed by atoms with Gasteiger partial charge in [-0.05, 0) is 13.0 Å². The quantitative estimate of drug-likeness (QED) is 0.540. The van der Waals surface area contributed by atoms with Gasteiger partial charge in [0, 0.05) is 6.20 Å². The van der Waals surface area contributed by atoms with E-state index in [0.717, 1.165) is 0 Å². The zero-order valence-electron chi connectivity index (χ0n) is 5.43. The van der Waals surface area contributed by atoms with Crippen molar-refractivity contribution in [3.8, 4) is 6.07 Å². The number of rotatable bonds is 0. The van der Waals surface area contributed by atoms with Crippen LogP contribution in [0.5, 0.6) is 0 Å². The standard InChI is InChI=1S/C7H5FN2/c1-5-7(8)2-6(3-9)4-10-5/h2,4H,1H3. The molecule has 0 aliphatic rings. The lowest BCUT2D eigenvalue weighted by Crippen LogP contribution is -1.88. The van der Waals surface area contributed by atoms with Crippen LogP contribution in [0.4, 0.5) is 4.39 Å². The fourth-order valence-electron chi connectivity index (χ4n) is 0.567. The minimum absolute atomic E-state index is 0.253. The lowest BCUT2D eigenvalue weighted by molar-refractivity contribution is 0.609. The van der Waals surface area contributed by atoms with Crippen LogP contribution in [0.3, 0.4) is 0 Å². The van der Waals surface area contributed by atoms with Gasteiger partial charge in [0.25, 0.3) is 0 Å². The van der Waals surface area contributed by atoms with Crippen molar-refractivity contribution in [1.29, 1.82) is 5.26 Å². The summed E-state index contributed by atoms with van der Waals surface area (Å²) in [7, 11) is 0. The van der Waals surface area contributed by atoms with E-state index in [0.29, 0.717) is 5.69 Å². The van der Waals surface area contributed by atoms with Crippen LogP contribution in [-0.4, -0.2) is 4.98 Å². The van der Waals surface area contributed by atoms with E-state index in [1.54, 1.807) is 13.0 Å². The Balaban J connectivity index is 3.20. The lowest BCUT2D eigenvalue weighted by Gasteiger charge is -1.92. The van der Waals surface area contributed by atoms with Crippen LogP contribution in [0, 0.1) is 24.1 Å². The minimum atomic E-state index is -0.431. The summed E-state index contributed by atoms with van der Waals surface area (Å²) in [5.41, 5.74) is 0.571. The predicted molar refractivity (Wildman–Crippen MR) is 33.6 cm³/mol. The molecule has 0 aromatic carbocycles. The molecule has 0 bridgehead atoms. The fourth-order valence-corrected chi connectivity index (χ4v) is 0.567. The molecule has 0 aliphatic carbocycles. The van der Waals surface area contributed by atoms with Gasteiger partial charge in [0.1, 0.15) is 11.9 Å². The Morgan fingerprint density at radius 1 is 1.70 bits per heavy atom. The number of aromatic nitrogens is 1. The van der Waals surface area contributed by atoms with E-state index >= 15 is 0 Å². The molecule has 0 fully saturated rings. The molecule has 0 aliphatic heterocycles. The lowest BCUT2D eigenvalue weighted by atomic mass is 10.3. The first-order chi connectivity index (χ1) is 4.74.